The molecule has 30 heavy (non-hydrogen) atoms. The third-order valence-electron chi connectivity index (χ3n) is 5.09. The first kappa shape index (κ1) is 18.3. The molecule has 0 saturated carbocycles. The second-order valence-corrected chi connectivity index (χ2v) is 7.57. The Bertz CT molecular complexity index is 1440. The number of pyridine rings is 1. The molecule has 3 aromatic carbocycles. The molecule has 0 bridgehead atoms. The van der Waals surface area contributed by atoms with Gasteiger partial charge >= 0.3 is 5.97 Å². The zero-order valence-electron chi connectivity index (χ0n) is 15.9. The monoisotopic (exact) mass is 414 g/mol. The van der Waals surface area contributed by atoms with Crippen LogP contribution in [-0.2, 0) is 0 Å². The van der Waals surface area contributed by atoms with Crippen molar-refractivity contribution in [3.8, 4) is 22.6 Å². The third-order valence-corrected chi connectivity index (χ3v) is 5.32. The van der Waals surface area contributed by atoms with Crippen LogP contribution in [0.2, 0.25) is 5.02 Å². The molecule has 1 N–H and O–H groups in total. The summed E-state index contributed by atoms with van der Waals surface area (Å²) < 4.78 is 5.60. The van der Waals surface area contributed by atoms with Gasteiger partial charge in [-0.1, -0.05) is 52.7 Å². The number of benzene rings is 3. The fourth-order valence-corrected chi connectivity index (χ4v) is 3.71. The van der Waals surface area contributed by atoms with Gasteiger partial charge in [-0.05, 0) is 43.3 Å². The molecular formula is C24H15ClN2O3. The van der Waals surface area contributed by atoms with Gasteiger partial charge < -0.3 is 9.63 Å². The van der Waals surface area contributed by atoms with Crippen molar-refractivity contribution >= 4 is 39.4 Å². The Labute approximate surface area is 176 Å². The zero-order valence-corrected chi connectivity index (χ0v) is 16.6. The molecule has 0 aliphatic carbocycles. The number of aromatic carboxylic acids is 1. The molecular weight excluding hydrogens is 400 g/mol. The minimum absolute atomic E-state index is 0.154. The number of carbonyl (C=O) groups is 1. The fraction of sp³-hybridized carbons (Fsp3) is 0.0417. The highest BCUT2D eigenvalue weighted by Gasteiger charge is 2.16. The van der Waals surface area contributed by atoms with Gasteiger partial charge in [0.15, 0.2) is 5.76 Å². The first-order valence-electron chi connectivity index (χ1n) is 9.30. The highest BCUT2D eigenvalue weighted by atomic mass is 35.5. The van der Waals surface area contributed by atoms with Gasteiger partial charge in [0, 0.05) is 21.5 Å². The summed E-state index contributed by atoms with van der Waals surface area (Å²) in [7, 11) is 0. The number of aryl methyl sites for hydroxylation is 1. The Balaban J connectivity index is 1.70. The highest BCUT2D eigenvalue weighted by Crippen LogP contribution is 2.33. The van der Waals surface area contributed by atoms with E-state index >= 15 is 0 Å². The lowest BCUT2D eigenvalue weighted by molar-refractivity contribution is 0.0699. The maximum atomic E-state index is 11.9. The van der Waals surface area contributed by atoms with Crippen molar-refractivity contribution in [3.63, 3.8) is 0 Å². The molecule has 0 aliphatic heterocycles. The van der Waals surface area contributed by atoms with E-state index in [9.17, 15) is 9.90 Å². The van der Waals surface area contributed by atoms with E-state index in [0.29, 0.717) is 27.4 Å². The highest BCUT2D eigenvalue weighted by molar-refractivity contribution is 6.31. The first-order valence-corrected chi connectivity index (χ1v) is 9.68. The van der Waals surface area contributed by atoms with Crippen LogP contribution in [0.4, 0.5) is 0 Å². The number of hydrogen-bond acceptors (Lipinski definition) is 4. The van der Waals surface area contributed by atoms with E-state index < -0.39 is 5.97 Å². The van der Waals surface area contributed by atoms with E-state index in [1.165, 1.54) is 0 Å². The zero-order chi connectivity index (χ0) is 20.8. The summed E-state index contributed by atoms with van der Waals surface area (Å²) in [5.74, 6) is -0.366. The summed E-state index contributed by atoms with van der Waals surface area (Å²) in [6.45, 7) is 2.03. The maximum absolute atomic E-state index is 11.9. The van der Waals surface area contributed by atoms with Crippen molar-refractivity contribution < 1.29 is 14.4 Å². The molecule has 5 rings (SSSR count). The molecule has 5 aromatic rings. The standard InChI is InChI=1S/C24H15ClN2O3/c1-13-2-4-14(5-3-13)23-19-10-15(6-8-21(19)27-30-23)22-12-18(24(28)29)17-11-16(25)7-9-20(17)26-22/h2-12H,1H3,(H,28,29). The second-order valence-electron chi connectivity index (χ2n) is 7.13. The van der Waals surface area contributed by atoms with E-state index in [1.54, 1.807) is 24.3 Å². The summed E-state index contributed by atoms with van der Waals surface area (Å²) >= 11 is 6.05. The summed E-state index contributed by atoms with van der Waals surface area (Å²) in [5, 5.41) is 15.7. The molecule has 2 heterocycles. The second kappa shape index (κ2) is 6.97. The van der Waals surface area contributed by atoms with Crippen molar-refractivity contribution in [2.45, 2.75) is 6.92 Å². The maximum Gasteiger partial charge on any atom is 0.336 e. The molecule has 0 fully saturated rings. The van der Waals surface area contributed by atoms with E-state index in [2.05, 4.69) is 10.1 Å². The van der Waals surface area contributed by atoms with Crippen LogP contribution in [0.25, 0.3) is 44.4 Å². The molecule has 2 aromatic heterocycles. The van der Waals surface area contributed by atoms with Crippen molar-refractivity contribution in [1.29, 1.82) is 0 Å². The normalized spacial score (nSPS) is 11.3. The van der Waals surface area contributed by atoms with Crippen LogP contribution >= 0.6 is 11.6 Å². The van der Waals surface area contributed by atoms with Crippen LogP contribution in [0, 0.1) is 6.92 Å². The van der Waals surface area contributed by atoms with Gasteiger partial charge in [0.1, 0.15) is 5.52 Å². The van der Waals surface area contributed by atoms with Gasteiger partial charge in [0.2, 0.25) is 0 Å². The molecule has 146 valence electrons. The predicted molar refractivity (Wildman–Crippen MR) is 117 cm³/mol. The summed E-state index contributed by atoms with van der Waals surface area (Å²) in [6, 6.07) is 20.3. The number of fused-ring (bicyclic) bond motifs is 2. The van der Waals surface area contributed by atoms with Gasteiger partial charge in [-0.25, -0.2) is 9.78 Å². The lowest BCUT2D eigenvalue weighted by atomic mass is 10.0. The Morgan fingerprint density at radius 2 is 1.63 bits per heavy atom. The minimum atomic E-state index is -1.03. The average Bonchev–Trinajstić information content (AvgIpc) is 3.16. The van der Waals surface area contributed by atoms with Crippen molar-refractivity contribution in [3.05, 3.63) is 82.9 Å². The lowest BCUT2D eigenvalue weighted by Gasteiger charge is -2.08. The number of hydrogen-bond donors (Lipinski definition) is 1. The Morgan fingerprint density at radius 1 is 0.900 bits per heavy atom. The Morgan fingerprint density at radius 3 is 2.40 bits per heavy atom. The first-order chi connectivity index (χ1) is 14.5. The van der Waals surface area contributed by atoms with E-state index in [0.717, 1.165) is 27.6 Å². The molecule has 0 spiro atoms. The molecule has 0 saturated heterocycles. The van der Waals surface area contributed by atoms with Crippen LogP contribution in [0.1, 0.15) is 15.9 Å². The van der Waals surface area contributed by atoms with Gasteiger partial charge in [0.05, 0.1) is 22.2 Å². The quantitative estimate of drug-likeness (QED) is 0.371. The average molecular weight is 415 g/mol. The van der Waals surface area contributed by atoms with Crippen LogP contribution in [-0.4, -0.2) is 21.2 Å². The molecule has 0 unspecified atom stereocenters. The molecule has 0 amide bonds. The molecule has 5 nitrogen and oxygen atoms in total. The van der Waals surface area contributed by atoms with Crippen molar-refractivity contribution in [2.24, 2.45) is 0 Å². The predicted octanol–water partition coefficient (Wildman–Crippen LogP) is 6.37. The van der Waals surface area contributed by atoms with Crippen LogP contribution in [0.3, 0.4) is 0 Å². The third kappa shape index (κ3) is 3.09. The number of nitrogens with zero attached hydrogens (tertiary/aromatic N) is 2. The van der Waals surface area contributed by atoms with Crippen molar-refractivity contribution in [2.75, 3.05) is 0 Å². The number of halogens is 1. The fourth-order valence-electron chi connectivity index (χ4n) is 3.54. The molecule has 0 atom stereocenters. The topological polar surface area (TPSA) is 76.2 Å². The van der Waals surface area contributed by atoms with E-state index in [-0.39, 0.29) is 5.56 Å². The molecule has 0 radical (unpaired) electrons. The van der Waals surface area contributed by atoms with E-state index in [4.69, 9.17) is 16.1 Å². The smallest absolute Gasteiger partial charge is 0.336 e. The Kier molecular flexibility index (Phi) is 4.26. The van der Waals surface area contributed by atoms with Crippen molar-refractivity contribution in [1.82, 2.24) is 10.1 Å². The van der Waals surface area contributed by atoms with Gasteiger partial charge in [-0.3, -0.25) is 0 Å². The van der Waals surface area contributed by atoms with Gasteiger partial charge in [-0.2, -0.15) is 0 Å². The largest absolute Gasteiger partial charge is 0.478 e. The SMILES string of the molecule is Cc1ccc(-c2onc3ccc(-c4cc(C(=O)O)c5cc(Cl)ccc5n4)cc23)cc1. The summed E-state index contributed by atoms with van der Waals surface area (Å²) in [6.07, 6.45) is 0. The number of rotatable bonds is 3. The van der Waals surface area contributed by atoms with Gasteiger partial charge in [-0.15, -0.1) is 0 Å². The number of carboxylic acid groups (broad SMARTS) is 1. The number of carboxylic acids is 1. The van der Waals surface area contributed by atoms with Crippen LogP contribution in [0.15, 0.2) is 71.3 Å². The molecule has 6 heteroatoms. The Hall–Kier alpha value is -3.70. The van der Waals surface area contributed by atoms with Gasteiger partial charge in [0.25, 0.3) is 0 Å². The minimum Gasteiger partial charge on any atom is -0.478 e. The molecule has 0 aliphatic rings. The van der Waals surface area contributed by atoms with Crippen LogP contribution < -0.4 is 0 Å². The lowest BCUT2D eigenvalue weighted by Crippen LogP contribution is -2.00. The van der Waals surface area contributed by atoms with E-state index in [1.807, 2.05) is 49.4 Å². The summed E-state index contributed by atoms with van der Waals surface area (Å²) in [5.41, 5.74) is 4.86. The van der Waals surface area contributed by atoms with Crippen LogP contribution in [0.5, 0.6) is 0 Å². The summed E-state index contributed by atoms with van der Waals surface area (Å²) in [4.78, 5) is 16.5. The number of aromatic nitrogens is 2.